The molecule has 3 aromatic rings. The van der Waals surface area contributed by atoms with Gasteiger partial charge in [-0.15, -0.1) is 11.5 Å². The summed E-state index contributed by atoms with van der Waals surface area (Å²) in [6.45, 7) is 5.96. The molecule has 3 aliphatic rings. The van der Waals surface area contributed by atoms with Gasteiger partial charge in [0.1, 0.15) is 0 Å². The fraction of sp³-hybridized carbons (Fsp3) is 0.486. The van der Waals surface area contributed by atoms with Crippen LogP contribution in [0.1, 0.15) is 49.3 Å². The maximum absolute atomic E-state index is 14.1. The number of carbonyl (C=O) groups is 2. The zero-order valence-electron chi connectivity index (χ0n) is 26.7. The van der Waals surface area contributed by atoms with Crippen molar-refractivity contribution in [2.24, 2.45) is 5.92 Å². The summed E-state index contributed by atoms with van der Waals surface area (Å²) < 4.78 is 1.51. The van der Waals surface area contributed by atoms with Crippen molar-refractivity contribution >= 4 is 29.1 Å². The number of likely N-dealkylation sites (tertiary alicyclic amines) is 1. The molecule has 3 aliphatic heterocycles. The molecule has 2 aromatic carbocycles. The number of hydrogen-bond donors (Lipinski definition) is 3. The van der Waals surface area contributed by atoms with Crippen LogP contribution in [0.2, 0.25) is 5.02 Å². The van der Waals surface area contributed by atoms with E-state index in [9.17, 15) is 14.4 Å². The van der Waals surface area contributed by atoms with Crippen molar-refractivity contribution in [2.75, 3.05) is 58.1 Å². The fourth-order valence-corrected chi connectivity index (χ4v) is 7.43. The number of anilines is 1. The van der Waals surface area contributed by atoms with Gasteiger partial charge in [-0.1, -0.05) is 47.9 Å². The lowest BCUT2D eigenvalue weighted by Crippen LogP contribution is -2.55. The van der Waals surface area contributed by atoms with E-state index in [1.165, 1.54) is 4.68 Å². The number of benzene rings is 2. The summed E-state index contributed by atoms with van der Waals surface area (Å²) in [6.07, 6.45) is 9.53. The molecule has 0 aliphatic carbocycles. The number of nitrogens with one attached hydrogen (secondary N) is 2. The number of halogens is 1. The first-order chi connectivity index (χ1) is 22.8. The van der Waals surface area contributed by atoms with E-state index in [1.54, 1.807) is 12.1 Å². The van der Waals surface area contributed by atoms with Crippen LogP contribution >= 0.6 is 11.6 Å². The third kappa shape index (κ3) is 7.56. The van der Waals surface area contributed by atoms with Crippen molar-refractivity contribution in [3.05, 3.63) is 69.1 Å². The molecule has 47 heavy (non-hydrogen) atoms. The number of piperazine rings is 1. The monoisotopic (exact) mass is 658 g/mol. The van der Waals surface area contributed by atoms with Crippen LogP contribution in [0.4, 0.5) is 5.69 Å². The van der Waals surface area contributed by atoms with E-state index in [1.807, 2.05) is 40.1 Å². The first kappa shape index (κ1) is 32.8. The number of nitrogens with zero attached hydrogens (tertiary/aromatic N) is 5. The molecule has 0 unspecified atom stereocenters. The van der Waals surface area contributed by atoms with E-state index in [0.29, 0.717) is 73.6 Å². The molecule has 0 radical (unpaired) electrons. The number of hydrogen-bond acceptors (Lipinski definition) is 7. The molecule has 2 amide bonds. The first-order valence-corrected chi connectivity index (χ1v) is 17.0. The summed E-state index contributed by atoms with van der Waals surface area (Å²) in [5, 5.41) is 8.33. The van der Waals surface area contributed by atoms with E-state index >= 15 is 0 Å². The van der Waals surface area contributed by atoms with Gasteiger partial charge in [-0.05, 0) is 62.9 Å². The first-order valence-electron chi connectivity index (χ1n) is 16.6. The number of amides is 2. The van der Waals surface area contributed by atoms with Crippen LogP contribution in [0.15, 0.2) is 47.3 Å². The molecule has 248 valence electrons. The number of carbonyl (C=O) groups excluding carboxylic acids is 2. The van der Waals surface area contributed by atoms with Crippen LogP contribution in [0, 0.1) is 18.3 Å². The van der Waals surface area contributed by atoms with Gasteiger partial charge in [0.2, 0.25) is 11.8 Å². The van der Waals surface area contributed by atoms with E-state index in [4.69, 9.17) is 23.8 Å². The maximum Gasteiger partial charge on any atom is 0.343 e. The second-order valence-corrected chi connectivity index (χ2v) is 13.2. The number of rotatable bonds is 8. The van der Waals surface area contributed by atoms with Crippen LogP contribution in [-0.2, 0) is 16.0 Å². The van der Waals surface area contributed by atoms with Crippen molar-refractivity contribution < 1.29 is 9.59 Å². The highest BCUT2D eigenvalue weighted by molar-refractivity contribution is 6.33. The Kier molecular flexibility index (Phi) is 10.3. The third-order valence-corrected chi connectivity index (χ3v) is 10.2. The van der Waals surface area contributed by atoms with Crippen LogP contribution in [-0.4, -0.2) is 99.7 Å². The Labute approximate surface area is 280 Å². The molecular weight excluding hydrogens is 616 g/mol. The van der Waals surface area contributed by atoms with E-state index in [-0.39, 0.29) is 30.0 Å². The lowest BCUT2D eigenvalue weighted by molar-refractivity contribution is -0.143. The number of nitrogen functional groups attached to an aromatic ring is 1. The summed E-state index contributed by atoms with van der Waals surface area (Å²) in [4.78, 5) is 49.7. The predicted octanol–water partition coefficient (Wildman–Crippen LogP) is 2.76. The zero-order chi connectivity index (χ0) is 32.9. The largest absolute Gasteiger partial charge is 0.397 e. The second kappa shape index (κ2) is 14.8. The maximum atomic E-state index is 14.1. The molecule has 1 aromatic heterocycles. The minimum absolute atomic E-state index is 0.0232. The second-order valence-electron chi connectivity index (χ2n) is 12.8. The molecule has 12 heteroatoms. The van der Waals surface area contributed by atoms with Gasteiger partial charge < -0.3 is 20.9 Å². The van der Waals surface area contributed by atoms with E-state index < -0.39 is 5.92 Å². The average molecular weight is 659 g/mol. The Morgan fingerprint density at radius 2 is 1.68 bits per heavy atom. The molecular formula is C35H43ClN8O3. The van der Waals surface area contributed by atoms with Gasteiger partial charge in [0, 0.05) is 62.9 Å². The topological polar surface area (TPSA) is 133 Å². The van der Waals surface area contributed by atoms with Gasteiger partial charge in [0.15, 0.2) is 5.82 Å². The molecule has 3 fully saturated rings. The standard InChI is InChI=1S/C35H43ClN8O3/c1-2-25-20-24(22-30(36)32(25)37)21-27(34(46)43-18-16-41(17-19-43)28-8-12-38-13-9-28)23-31(45)42-14-10-29(11-15-42)44-35(47)39-33(40-44)26-6-4-3-5-7-26/h1,3-7,20,22,27-29,38H,8-19,21,23,37H2,(H,39,40,47)/t27-/m0/s1. The van der Waals surface area contributed by atoms with Crippen LogP contribution in [0.3, 0.4) is 0 Å². The van der Waals surface area contributed by atoms with Crippen molar-refractivity contribution in [2.45, 2.75) is 50.6 Å². The highest BCUT2D eigenvalue weighted by Crippen LogP contribution is 2.29. The fourth-order valence-electron chi connectivity index (χ4n) is 7.19. The van der Waals surface area contributed by atoms with Gasteiger partial charge in [-0.25, -0.2) is 9.48 Å². The number of nitrogens with two attached hydrogens (primary N) is 1. The highest BCUT2D eigenvalue weighted by atomic mass is 35.5. The van der Waals surface area contributed by atoms with Crippen molar-refractivity contribution in [1.29, 1.82) is 0 Å². The summed E-state index contributed by atoms with van der Waals surface area (Å²) in [6, 6.07) is 13.5. The minimum atomic E-state index is -0.571. The average Bonchev–Trinajstić information content (AvgIpc) is 3.51. The van der Waals surface area contributed by atoms with Gasteiger partial charge >= 0.3 is 5.69 Å². The molecule has 1 atom stereocenters. The molecule has 3 saturated heterocycles. The van der Waals surface area contributed by atoms with Gasteiger partial charge in [-0.2, -0.15) is 0 Å². The molecule has 0 bridgehead atoms. The van der Waals surface area contributed by atoms with E-state index in [2.05, 4.69) is 26.2 Å². The Balaban J connectivity index is 1.12. The van der Waals surface area contributed by atoms with Crippen LogP contribution in [0.25, 0.3) is 11.4 Å². The summed E-state index contributed by atoms with van der Waals surface area (Å²) in [5.41, 5.74) is 8.25. The van der Waals surface area contributed by atoms with Crippen molar-refractivity contribution in [3.63, 3.8) is 0 Å². The minimum Gasteiger partial charge on any atom is -0.397 e. The van der Waals surface area contributed by atoms with Crippen LogP contribution in [0.5, 0.6) is 0 Å². The quantitative estimate of drug-likeness (QED) is 0.251. The number of piperidine rings is 2. The Bertz CT molecular complexity index is 1660. The van der Waals surface area contributed by atoms with Crippen molar-refractivity contribution in [1.82, 2.24) is 34.8 Å². The lowest BCUT2D eigenvalue weighted by Gasteiger charge is -2.41. The van der Waals surface area contributed by atoms with Gasteiger partial charge in [-0.3, -0.25) is 19.5 Å². The van der Waals surface area contributed by atoms with Gasteiger partial charge in [0.25, 0.3) is 0 Å². The van der Waals surface area contributed by atoms with Crippen molar-refractivity contribution in [3.8, 4) is 23.7 Å². The molecule has 0 saturated carbocycles. The predicted molar refractivity (Wildman–Crippen MR) is 183 cm³/mol. The highest BCUT2D eigenvalue weighted by Gasteiger charge is 2.34. The molecule has 4 heterocycles. The Hall–Kier alpha value is -4.11. The van der Waals surface area contributed by atoms with Crippen LogP contribution < -0.4 is 16.7 Å². The molecule has 11 nitrogen and oxygen atoms in total. The molecule has 0 spiro atoms. The third-order valence-electron chi connectivity index (χ3n) is 9.90. The Morgan fingerprint density at radius 1 is 0.979 bits per heavy atom. The smallest absolute Gasteiger partial charge is 0.343 e. The summed E-state index contributed by atoms with van der Waals surface area (Å²) >= 11 is 6.41. The lowest BCUT2D eigenvalue weighted by atomic mass is 9.92. The molecule has 4 N–H and O–H groups in total. The summed E-state index contributed by atoms with van der Waals surface area (Å²) in [7, 11) is 0. The number of H-pyrrole nitrogens is 1. The molecule has 6 rings (SSSR count). The SMILES string of the molecule is C#Cc1cc(C[C@@H](CC(=O)N2CCC(n3nc(-c4ccccc4)[nH]c3=O)CC2)C(=O)N2CCN(C3CCNCC3)CC2)cc(Cl)c1N. The number of aromatic amines is 1. The number of aromatic nitrogens is 3. The normalized spacial score (nSPS) is 19.0. The van der Waals surface area contributed by atoms with E-state index in [0.717, 1.165) is 50.1 Å². The number of terminal acetylenes is 1. The zero-order valence-corrected chi connectivity index (χ0v) is 27.4. The van der Waals surface area contributed by atoms with Gasteiger partial charge in [0.05, 0.1) is 22.7 Å². The summed E-state index contributed by atoms with van der Waals surface area (Å²) in [5.74, 6) is 2.44. The Morgan fingerprint density at radius 3 is 2.36 bits per heavy atom.